The van der Waals surface area contributed by atoms with E-state index in [4.69, 9.17) is 4.42 Å². The molecule has 1 aromatic heterocycles. The summed E-state index contributed by atoms with van der Waals surface area (Å²) in [5, 5.41) is 12.5. The molecule has 0 aliphatic heterocycles. The number of hydrogen-bond acceptors (Lipinski definition) is 4. The first kappa shape index (κ1) is 17.9. The number of para-hydroxylation sites is 1. The maximum atomic E-state index is 12.4. The van der Waals surface area contributed by atoms with Crippen LogP contribution in [0.4, 0.5) is 0 Å². The lowest BCUT2D eigenvalue weighted by molar-refractivity contribution is -0.145. The highest BCUT2D eigenvalue weighted by atomic mass is 16.4. The average Bonchev–Trinajstić information content (AvgIpc) is 2.66. The van der Waals surface area contributed by atoms with Gasteiger partial charge in [0.15, 0.2) is 5.43 Å². The van der Waals surface area contributed by atoms with Crippen LogP contribution in [-0.2, 0) is 9.59 Å². The van der Waals surface area contributed by atoms with Crippen molar-refractivity contribution in [2.24, 2.45) is 11.8 Å². The molecule has 6 nitrogen and oxygen atoms in total. The Hall–Kier alpha value is -2.89. The van der Waals surface area contributed by atoms with Crippen molar-refractivity contribution in [2.45, 2.75) is 25.7 Å². The zero-order valence-electron chi connectivity index (χ0n) is 14.3. The van der Waals surface area contributed by atoms with Gasteiger partial charge in [0.2, 0.25) is 5.91 Å². The quantitative estimate of drug-likeness (QED) is 0.804. The van der Waals surface area contributed by atoms with Gasteiger partial charge in [-0.2, -0.15) is 0 Å². The first-order valence-corrected chi connectivity index (χ1v) is 8.75. The highest BCUT2D eigenvalue weighted by Gasteiger charge is 2.30. The van der Waals surface area contributed by atoms with Crippen LogP contribution in [0.5, 0.6) is 0 Å². The van der Waals surface area contributed by atoms with Crippen molar-refractivity contribution < 1.29 is 19.1 Å². The van der Waals surface area contributed by atoms with E-state index in [1.165, 1.54) is 18.4 Å². The van der Waals surface area contributed by atoms with Crippen molar-refractivity contribution in [1.29, 1.82) is 0 Å². The molecular formula is C20H21NO5. The minimum Gasteiger partial charge on any atom is -0.481 e. The fourth-order valence-corrected chi connectivity index (χ4v) is 3.44. The van der Waals surface area contributed by atoms with E-state index in [0.717, 1.165) is 19.3 Å². The Labute approximate surface area is 150 Å². The van der Waals surface area contributed by atoms with Gasteiger partial charge in [0.05, 0.1) is 16.9 Å². The van der Waals surface area contributed by atoms with Crippen LogP contribution in [0.25, 0.3) is 17.0 Å². The van der Waals surface area contributed by atoms with E-state index in [0.29, 0.717) is 29.5 Å². The van der Waals surface area contributed by atoms with E-state index in [9.17, 15) is 19.5 Å². The summed E-state index contributed by atoms with van der Waals surface area (Å²) in [7, 11) is 0. The van der Waals surface area contributed by atoms with Crippen LogP contribution in [0.15, 0.2) is 45.8 Å². The number of carbonyl (C=O) groups is 2. The van der Waals surface area contributed by atoms with Gasteiger partial charge < -0.3 is 14.8 Å². The number of nitrogens with one attached hydrogen (secondary N) is 1. The molecule has 136 valence electrons. The molecule has 0 radical (unpaired) electrons. The van der Waals surface area contributed by atoms with Crippen molar-refractivity contribution in [2.75, 3.05) is 6.54 Å². The van der Waals surface area contributed by atoms with E-state index in [1.54, 1.807) is 24.3 Å². The molecule has 0 unspecified atom stereocenters. The number of benzene rings is 1. The van der Waals surface area contributed by atoms with Gasteiger partial charge in [0.25, 0.3) is 0 Å². The van der Waals surface area contributed by atoms with Gasteiger partial charge in [-0.05, 0) is 37.0 Å². The fraction of sp³-hybridized carbons (Fsp3) is 0.350. The molecule has 0 saturated heterocycles. The van der Waals surface area contributed by atoms with Crippen LogP contribution < -0.4 is 10.7 Å². The molecule has 26 heavy (non-hydrogen) atoms. The van der Waals surface area contributed by atoms with E-state index in [-0.39, 0.29) is 17.3 Å². The van der Waals surface area contributed by atoms with Crippen molar-refractivity contribution >= 4 is 28.9 Å². The zero-order valence-corrected chi connectivity index (χ0v) is 14.3. The third-order valence-electron chi connectivity index (χ3n) is 4.89. The van der Waals surface area contributed by atoms with Crippen molar-refractivity contribution in [3.8, 4) is 0 Å². The van der Waals surface area contributed by atoms with Gasteiger partial charge in [-0.25, -0.2) is 0 Å². The molecule has 1 aliphatic rings. The molecule has 0 bridgehead atoms. The smallest absolute Gasteiger partial charge is 0.306 e. The van der Waals surface area contributed by atoms with Crippen molar-refractivity contribution in [3.63, 3.8) is 0 Å². The normalized spacial score (nSPS) is 20.3. The van der Waals surface area contributed by atoms with Crippen molar-refractivity contribution in [1.82, 2.24) is 5.32 Å². The van der Waals surface area contributed by atoms with Crippen LogP contribution in [0, 0.1) is 11.8 Å². The predicted molar refractivity (Wildman–Crippen MR) is 97.6 cm³/mol. The summed E-state index contributed by atoms with van der Waals surface area (Å²) < 4.78 is 5.40. The lowest BCUT2D eigenvalue weighted by atomic mass is 9.79. The molecule has 1 amide bonds. The molecule has 6 heteroatoms. The van der Waals surface area contributed by atoms with Gasteiger partial charge in [-0.15, -0.1) is 0 Å². The minimum absolute atomic E-state index is 0.0515. The zero-order chi connectivity index (χ0) is 18.5. The Morgan fingerprint density at radius 1 is 1.23 bits per heavy atom. The number of carboxylic acids is 1. The lowest BCUT2D eigenvalue weighted by Crippen LogP contribution is -2.36. The third-order valence-corrected chi connectivity index (χ3v) is 4.89. The second-order valence-corrected chi connectivity index (χ2v) is 6.58. The molecule has 3 rings (SSSR count). The van der Waals surface area contributed by atoms with E-state index >= 15 is 0 Å². The molecule has 1 saturated carbocycles. The summed E-state index contributed by atoms with van der Waals surface area (Å²) in [6.07, 6.45) is 7.38. The molecule has 1 aromatic carbocycles. The Balaban J connectivity index is 1.64. The van der Waals surface area contributed by atoms with Gasteiger partial charge in [-0.1, -0.05) is 25.0 Å². The summed E-state index contributed by atoms with van der Waals surface area (Å²) in [5.41, 5.74) is 0.588. The summed E-state index contributed by atoms with van der Waals surface area (Å²) in [6.45, 7) is 0.326. The van der Waals surface area contributed by atoms with Crippen molar-refractivity contribution in [3.05, 3.63) is 52.4 Å². The molecule has 2 aromatic rings. The van der Waals surface area contributed by atoms with E-state index < -0.39 is 11.9 Å². The SMILES string of the molecule is O=C(/C=C/c1coc2ccccc2c1=O)NC[C@@H]1CCCC[C@@H]1C(=O)O. The average molecular weight is 355 g/mol. The summed E-state index contributed by atoms with van der Waals surface area (Å²) in [5.74, 6) is -1.61. The lowest BCUT2D eigenvalue weighted by Gasteiger charge is -2.28. The maximum Gasteiger partial charge on any atom is 0.306 e. The van der Waals surface area contributed by atoms with Crippen LogP contribution in [0.1, 0.15) is 31.2 Å². The first-order chi connectivity index (χ1) is 12.6. The third kappa shape index (κ3) is 4.02. The Kier molecular flexibility index (Phi) is 5.51. The molecule has 1 fully saturated rings. The molecule has 2 N–H and O–H groups in total. The number of rotatable bonds is 5. The second kappa shape index (κ2) is 7.99. The monoisotopic (exact) mass is 355 g/mol. The van der Waals surface area contributed by atoms with E-state index in [2.05, 4.69) is 5.32 Å². The number of aliphatic carboxylic acids is 1. The van der Waals surface area contributed by atoms with Gasteiger partial charge in [-0.3, -0.25) is 14.4 Å². The summed E-state index contributed by atoms with van der Waals surface area (Å²) in [4.78, 5) is 35.7. The number of fused-ring (bicyclic) bond motifs is 1. The van der Waals surface area contributed by atoms with Crippen LogP contribution in [0.3, 0.4) is 0 Å². The molecule has 2 atom stereocenters. The topological polar surface area (TPSA) is 96.6 Å². The first-order valence-electron chi connectivity index (χ1n) is 8.75. The van der Waals surface area contributed by atoms with Gasteiger partial charge in [0.1, 0.15) is 11.8 Å². The highest BCUT2D eigenvalue weighted by Crippen LogP contribution is 2.29. The van der Waals surface area contributed by atoms with Crippen LogP contribution in [-0.4, -0.2) is 23.5 Å². The Bertz CT molecular complexity index is 898. The number of amides is 1. The van der Waals surface area contributed by atoms with Crippen LogP contribution >= 0.6 is 0 Å². The summed E-state index contributed by atoms with van der Waals surface area (Å²) >= 11 is 0. The maximum absolute atomic E-state index is 12.4. The van der Waals surface area contributed by atoms with Gasteiger partial charge in [0, 0.05) is 12.6 Å². The Morgan fingerprint density at radius 2 is 2.00 bits per heavy atom. The van der Waals surface area contributed by atoms with Crippen LogP contribution in [0.2, 0.25) is 0 Å². The number of hydrogen-bond donors (Lipinski definition) is 2. The Morgan fingerprint density at radius 3 is 2.81 bits per heavy atom. The van der Waals surface area contributed by atoms with Gasteiger partial charge >= 0.3 is 5.97 Å². The highest BCUT2D eigenvalue weighted by molar-refractivity contribution is 5.92. The largest absolute Gasteiger partial charge is 0.481 e. The standard InChI is InChI=1S/C20H21NO5/c22-18(21-11-13-5-1-2-6-15(13)20(24)25)10-9-14-12-26-17-8-4-3-7-16(17)19(14)23/h3-4,7-10,12-13,15H,1-2,5-6,11H2,(H,21,22)(H,24,25)/b10-9+/t13-,15-/m0/s1. The second-order valence-electron chi connectivity index (χ2n) is 6.58. The molecular weight excluding hydrogens is 334 g/mol. The molecule has 1 aliphatic carbocycles. The molecule has 1 heterocycles. The fourth-order valence-electron chi connectivity index (χ4n) is 3.44. The number of carbonyl (C=O) groups excluding carboxylic acids is 1. The minimum atomic E-state index is -0.798. The van der Waals surface area contributed by atoms with E-state index in [1.807, 2.05) is 0 Å². The number of carboxylic acid groups (broad SMARTS) is 1. The summed E-state index contributed by atoms with van der Waals surface area (Å²) in [6, 6.07) is 6.92. The predicted octanol–water partition coefficient (Wildman–Crippen LogP) is 2.81. The molecule has 0 spiro atoms.